The number of piperazine rings is 1. The van der Waals surface area contributed by atoms with Gasteiger partial charge in [-0.1, -0.05) is 18.2 Å². The molecular formula is C17H22N4O. The normalized spacial score (nSPS) is 16.6. The number of benzene rings is 1. The second-order valence-corrected chi connectivity index (χ2v) is 5.51. The van der Waals surface area contributed by atoms with Crippen molar-refractivity contribution in [3.8, 4) is 0 Å². The molecule has 0 bridgehead atoms. The first-order chi connectivity index (χ1) is 10.8. The lowest BCUT2D eigenvalue weighted by Gasteiger charge is -2.36. The van der Waals surface area contributed by atoms with Crippen LogP contribution in [0.2, 0.25) is 0 Å². The molecule has 0 spiro atoms. The molecule has 0 saturated carbocycles. The Morgan fingerprint density at radius 1 is 1.00 bits per heavy atom. The van der Waals surface area contributed by atoms with Gasteiger partial charge in [-0.05, 0) is 29.8 Å². The molecule has 1 unspecified atom stereocenters. The number of aromatic nitrogens is 1. The zero-order chi connectivity index (χ0) is 15.4. The Morgan fingerprint density at radius 3 is 2.27 bits per heavy atom. The summed E-state index contributed by atoms with van der Waals surface area (Å²) >= 11 is 0. The van der Waals surface area contributed by atoms with Gasteiger partial charge in [-0.3, -0.25) is 0 Å². The summed E-state index contributed by atoms with van der Waals surface area (Å²) in [5, 5.41) is 9.74. The van der Waals surface area contributed by atoms with Crippen molar-refractivity contribution in [2.75, 3.05) is 42.5 Å². The number of rotatable bonds is 4. The number of nitrogens with zero attached hydrogens (tertiary/aromatic N) is 3. The van der Waals surface area contributed by atoms with Crippen LogP contribution in [0.4, 0.5) is 11.5 Å². The third-order valence-corrected chi connectivity index (χ3v) is 4.12. The van der Waals surface area contributed by atoms with E-state index in [0.29, 0.717) is 0 Å². The first-order valence-electron chi connectivity index (χ1n) is 7.67. The van der Waals surface area contributed by atoms with Crippen molar-refractivity contribution in [1.82, 2.24) is 4.98 Å². The summed E-state index contributed by atoms with van der Waals surface area (Å²) in [5.74, 6) is 1.04. The first-order valence-corrected chi connectivity index (χ1v) is 7.67. The van der Waals surface area contributed by atoms with E-state index in [1.54, 1.807) is 0 Å². The fourth-order valence-corrected chi connectivity index (χ4v) is 2.78. The minimum absolute atomic E-state index is 0.252. The third kappa shape index (κ3) is 3.21. The van der Waals surface area contributed by atoms with Crippen molar-refractivity contribution in [2.24, 2.45) is 5.73 Å². The molecule has 1 atom stereocenters. The summed E-state index contributed by atoms with van der Waals surface area (Å²) in [6.07, 6.45) is 1.26. The van der Waals surface area contributed by atoms with Crippen LogP contribution in [-0.2, 0) is 0 Å². The van der Waals surface area contributed by atoms with Gasteiger partial charge in [-0.25, -0.2) is 4.98 Å². The highest BCUT2D eigenvalue weighted by atomic mass is 16.3. The maximum absolute atomic E-state index is 9.74. The molecule has 1 aromatic heterocycles. The maximum Gasteiger partial charge on any atom is 0.128 e. The van der Waals surface area contributed by atoms with Gasteiger partial charge in [0.05, 0.1) is 6.10 Å². The highest BCUT2D eigenvalue weighted by Gasteiger charge is 2.18. The van der Waals surface area contributed by atoms with Crippen LogP contribution in [0, 0.1) is 0 Å². The highest BCUT2D eigenvalue weighted by molar-refractivity contribution is 5.50. The predicted molar refractivity (Wildman–Crippen MR) is 89.1 cm³/mol. The standard InChI is InChI=1S/C17H22N4O/c18-13-16(22)14-4-6-15(7-5-14)20-9-11-21(12-10-20)17-3-1-2-8-19-17/h1-8,16,22H,9-13,18H2. The van der Waals surface area contributed by atoms with Crippen molar-refractivity contribution in [3.05, 3.63) is 54.2 Å². The minimum atomic E-state index is -0.574. The number of nitrogens with two attached hydrogens (primary N) is 1. The second-order valence-electron chi connectivity index (χ2n) is 5.51. The van der Waals surface area contributed by atoms with E-state index in [2.05, 4.69) is 33.0 Å². The van der Waals surface area contributed by atoms with Crippen LogP contribution in [0.25, 0.3) is 0 Å². The summed E-state index contributed by atoms with van der Waals surface area (Å²) in [5.41, 5.74) is 7.55. The van der Waals surface area contributed by atoms with Crippen LogP contribution in [0.15, 0.2) is 48.7 Å². The Kier molecular flexibility index (Phi) is 4.56. The quantitative estimate of drug-likeness (QED) is 0.893. The van der Waals surface area contributed by atoms with Crippen LogP contribution in [0.3, 0.4) is 0 Å². The molecule has 3 N–H and O–H groups in total. The van der Waals surface area contributed by atoms with Gasteiger partial charge in [0, 0.05) is 44.6 Å². The molecule has 0 amide bonds. The van der Waals surface area contributed by atoms with Crippen LogP contribution in [0.1, 0.15) is 11.7 Å². The molecule has 22 heavy (non-hydrogen) atoms. The average Bonchev–Trinajstić information content (AvgIpc) is 2.62. The number of aliphatic hydroxyl groups is 1. The molecule has 1 aliphatic rings. The zero-order valence-corrected chi connectivity index (χ0v) is 12.6. The van der Waals surface area contributed by atoms with Gasteiger partial charge in [0.2, 0.25) is 0 Å². The fraction of sp³-hybridized carbons (Fsp3) is 0.353. The molecule has 2 heterocycles. The van der Waals surface area contributed by atoms with Gasteiger partial charge >= 0.3 is 0 Å². The summed E-state index contributed by atoms with van der Waals surface area (Å²) in [6.45, 7) is 4.11. The molecule has 1 aliphatic heterocycles. The largest absolute Gasteiger partial charge is 0.387 e. The van der Waals surface area contributed by atoms with Gasteiger partial charge in [-0.2, -0.15) is 0 Å². The van der Waals surface area contributed by atoms with Crippen molar-refractivity contribution < 1.29 is 5.11 Å². The summed E-state index contributed by atoms with van der Waals surface area (Å²) in [6, 6.07) is 14.1. The Labute approximate surface area is 131 Å². The van der Waals surface area contributed by atoms with E-state index in [9.17, 15) is 5.11 Å². The lowest BCUT2D eigenvalue weighted by atomic mass is 10.1. The van der Waals surface area contributed by atoms with Gasteiger partial charge in [0.1, 0.15) is 5.82 Å². The third-order valence-electron chi connectivity index (χ3n) is 4.12. The SMILES string of the molecule is NCC(O)c1ccc(N2CCN(c3ccccn3)CC2)cc1. The summed E-state index contributed by atoms with van der Waals surface area (Å²) < 4.78 is 0. The molecule has 2 aromatic rings. The maximum atomic E-state index is 9.74. The second kappa shape index (κ2) is 6.77. The molecule has 5 heteroatoms. The molecule has 116 valence electrons. The van der Waals surface area contributed by atoms with Crippen LogP contribution < -0.4 is 15.5 Å². The number of anilines is 2. The van der Waals surface area contributed by atoms with Crippen molar-refractivity contribution >= 4 is 11.5 Å². The van der Waals surface area contributed by atoms with Crippen molar-refractivity contribution in [3.63, 3.8) is 0 Å². The van der Waals surface area contributed by atoms with Gasteiger partial charge in [-0.15, -0.1) is 0 Å². The van der Waals surface area contributed by atoms with E-state index in [1.807, 2.05) is 30.5 Å². The van der Waals surface area contributed by atoms with E-state index < -0.39 is 6.10 Å². The van der Waals surface area contributed by atoms with Crippen LogP contribution >= 0.6 is 0 Å². The van der Waals surface area contributed by atoms with Gasteiger partial charge in [0.15, 0.2) is 0 Å². The summed E-state index contributed by atoms with van der Waals surface area (Å²) in [7, 11) is 0. The monoisotopic (exact) mass is 298 g/mol. The summed E-state index contributed by atoms with van der Waals surface area (Å²) in [4.78, 5) is 9.08. The van der Waals surface area contributed by atoms with E-state index in [-0.39, 0.29) is 6.54 Å². The van der Waals surface area contributed by atoms with E-state index >= 15 is 0 Å². The van der Waals surface area contributed by atoms with Gasteiger partial charge < -0.3 is 20.6 Å². The van der Waals surface area contributed by atoms with Crippen LogP contribution in [-0.4, -0.2) is 42.8 Å². The molecule has 1 saturated heterocycles. The Morgan fingerprint density at radius 2 is 1.68 bits per heavy atom. The van der Waals surface area contributed by atoms with E-state index in [0.717, 1.165) is 37.6 Å². The fourth-order valence-electron chi connectivity index (χ4n) is 2.78. The Balaban J connectivity index is 1.61. The van der Waals surface area contributed by atoms with E-state index in [4.69, 9.17) is 5.73 Å². The lowest BCUT2D eigenvalue weighted by molar-refractivity contribution is 0.187. The van der Waals surface area contributed by atoms with Gasteiger partial charge in [0.25, 0.3) is 0 Å². The van der Waals surface area contributed by atoms with Crippen LogP contribution in [0.5, 0.6) is 0 Å². The number of aliphatic hydroxyl groups excluding tert-OH is 1. The first kappa shape index (κ1) is 14.8. The smallest absolute Gasteiger partial charge is 0.128 e. The zero-order valence-electron chi connectivity index (χ0n) is 12.6. The average molecular weight is 298 g/mol. The van der Waals surface area contributed by atoms with Crippen molar-refractivity contribution in [1.29, 1.82) is 0 Å². The van der Waals surface area contributed by atoms with E-state index in [1.165, 1.54) is 5.69 Å². The van der Waals surface area contributed by atoms with Crippen molar-refractivity contribution in [2.45, 2.75) is 6.10 Å². The Hall–Kier alpha value is -2.11. The molecule has 1 aromatic carbocycles. The predicted octanol–water partition coefficient (Wildman–Crippen LogP) is 1.40. The lowest BCUT2D eigenvalue weighted by Crippen LogP contribution is -2.46. The molecule has 1 fully saturated rings. The molecular weight excluding hydrogens is 276 g/mol. The topological polar surface area (TPSA) is 65.6 Å². The molecule has 5 nitrogen and oxygen atoms in total. The molecule has 0 aliphatic carbocycles. The molecule has 0 radical (unpaired) electrons. The minimum Gasteiger partial charge on any atom is -0.387 e. The number of hydrogen-bond donors (Lipinski definition) is 2. The molecule has 3 rings (SSSR count). The number of hydrogen-bond acceptors (Lipinski definition) is 5. The number of pyridine rings is 1. The highest BCUT2D eigenvalue weighted by Crippen LogP contribution is 2.21. The Bertz CT molecular complexity index is 579.